The third kappa shape index (κ3) is 5.47. The topological polar surface area (TPSA) is 110 Å². The van der Waals surface area contributed by atoms with Crippen LogP contribution in [0.5, 0.6) is 5.75 Å². The molecule has 6 rings (SSSR count). The molecular weight excluding hydrogens is 513 g/mol. The Labute approximate surface area is 231 Å². The van der Waals surface area contributed by atoms with Crippen molar-refractivity contribution < 1.29 is 19.0 Å². The Morgan fingerprint density at radius 1 is 1.10 bits per heavy atom. The van der Waals surface area contributed by atoms with Crippen LogP contribution in [0.4, 0.5) is 21.7 Å². The fraction of sp³-hybridized carbons (Fsp3) is 0.379. The summed E-state index contributed by atoms with van der Waals surface area (Å²) in [5, 5.41) is 18.3. The van der Waals surface area contributed by atoms with E-state index < -0.39 is 11.9 Å². The first-order valence-electron chi connectivity index (χ1n) is 13.6. The molecule has 5 heterocycles. The number of aliphatic hydroxyl groups is 1. The third-order valence-corrected chi connectivity index (χ3v) is 7.43. The van der Waals surface area contributed by atoms with E-state index in [1.807, 2.05) is 23.1 Å². The first kappa shape index (κ1) is 26.1. The monoisotopic (exact) mass is 545 g/mol. The van der Waals surface area contributed by atoms with Gasteiger partial charge in [0, 0.05) is 62.1 Å². The van der Waals surface area contributed by atoms with E-state index in [1.54, 1.807) is 24.4 Å². The second kappa shape index (κ2) is 11.6. The van der Waals surface area contributed by atoms with Crippen LogP contribution in [0.2, 0.25) is 0 Å². The number of aliphatic hydroxyl groups excluding tert-OH is 1. The van der Waals surface area contributed by atoms with E-state index in [0.717, 1.165) is 62.3 Å². The molecule has 1 aromatic carbocycles. The van der Waals surface area contributed by atoms with Gasteiger partial charge in [-0.2, -0.15) is 5.10 Å². The maximum atomic E-state index is 14.7. The van der Waals surface area contributed by atoms with E-state index in [2.05, 4.69) is 36.5 Å². The minimum absolute atomic E-state index is 0.196. The Balaban J connectivity index is 1.32. The van der Waals surface area contributed by atoms with Crippen molar-refractivity contribution in [1.82, 2.24) is 24.7 Å². The molecule has 2 fully saturated rings. The fourth-order valence-corrected chi connectivity index (χ4v) is 5.37. The van der Waals surface area contributed by atoms with Gasteiger partial charge in [0.2, 0.25) is 0 Å². The minimum atomic E-state index is -0.466. The number of β-amino-alcohol motifs (C(OH)–C–C–N with tert-alkyl or cyclic N) is 1. The zero-order chi connectivity index (χ0) is 27.5. The molecule has 0 unspecified atom stereocenters. The second-order valence-electron chi connectivity index (χ2n) is 10.1. The van der Waals surface area contributed by atoms with E-state index in [1.165, 1.54) is 13.2 Å². The molecule has 10 nitrogen and oxygen atoms in total. The summed E-state index contributed by atoms with van der Waals surface area (Å²) in [6, 6.07) is 8.59. The van der Waals surface area contributed by atoms with Crippen molar-refractivity contribution in [3.8, 4) is 28.3 Å². The molecule has 208 valence electrons. The first-order valence-corrected chi connectivity index (χ1v) is 13.6. The summed E-state index contributed by atoms with van der Waals surface area (Å²) in [7, 11) is 1.48. The zero-order valence-electron chi connectivity index (χ0n) is 22.3. The Kier molecular flexibility index (Phi) is 7.56. The molecule has 0 spiro atoms. The molecule has 0 aliphatic carbocycles. The maximum Gasteiger partial charge on any atom is 0.168 e. The summed E-state index contributed by atoms with van der Waals surface area (Å²) in [6.07, 6.45) is 10.5. The Morgan fingerprint density at radius 2 is 1.98 bits per heavy atom. The summed E-state index contributed by atoms with van der Waals surface area (Å²) in [4.78, 5) is 15.7. The number of rotatable bonds is 7. The van der Waals surface area contributed by atoms with Gasteiger partial charge in [0.1, 0.15) is 23.2 Å². The second-order valence-corrected chi connectivity index (χ2v) is 10.1. The number of methoxy groups -OCH3 is 1. The van der Waals surface area contributed by atoms with Crippen molar-refractivity contribution in [3.05, 3.63) is 60.9 Å². The highest BCUT2D eigenvalue weighted by Crippen LogP contribution is 2.36. The van der Waals surface area contributed by atoms with Gasteiger partial charge in [-0.25, -0.2) is 19.3 Å². The number of nitrogens with one attached hydrogen (secondary N) is 1. The molecule has 0 radical (unpaired) electrons. The average Bonchev–Trinajstić information content (AvgIpc) is 3.48. The Morgan fingerprint density at radius 3 is 2.80 bits per heavy atom. The lowest BCUT2D eigenvalue weighted by molar-refractivity contribution is 0.0662. The number of aromatic nitrogens is 5. The normalized spacial score (nSPS) is 18.1. The van der Waals surface area contributed by atoms with Crippen molar-refractivity contribution in [3.63, 3.8) is 0 Å². The lowest BCUT2D eigenvalue weighted by Crippen LogP contribution is -2.38. The van der Waals surface area contributed by atoms with Gasteiger partial charge in [0.25, 0.3) is 0 Å². The quantitative estimate of drug-likeness (QED) is 0.344. The number of ether oxygens (including phenoxy) is 2. The molecule has 4 aromatic rings. The SMILES string of the molecule is COc1cccc(F)c1-c1nccc(Nc2cc(N3CCC[C@H](O)C3)c(-c3cnn(C4CCOCC4)c3)cn2)n1. The van der Waals surface area contributed by atoms with Crippen molar-refractivity contribution >= 4 is 17.3 Å². The van der Waals surface area contributed by atoms with Gasteiger partial charge >= 0.3 is 0 Å². The van der Waals surface area contributed by atoms with Crippen LogP contribution >= 0.6 is 0 Å². The maximum absolute atomic E-state index is 14.7. The molecule has 2 aliphatic rings. The number of hydrogen-bond donors (Lipinski definition) is 2. The molecule has 0 bridgehead atoms. The molecule has 0 saturated carbocycles. The minimum Gasteiger partial charge on any atom is -0.496 e. The number of nitrogens with zero attached hydrogens (tertiary/aromatic N) is 6. The van der Waals surface area contributed by atoms with Gasteiger partial charge < -0.3 is 24.8 Å². The number of piperidine rings is 1. The van der Waals surface area contributed by atoms with Gasteiger partial charge in [-0.1, -0.05) is 6.07 Å². The molecule has 11 heteroatoms. The van der Waals surface area contributed by atoms with Crippen LogP contribution in [0.25, 0.3) is 22.5 Å². The highest BCUT2D eigenvalue weighted by molar-refractivity contribution is 5.80. The Hall–Kier alpha value is -4.09. The van der Waals surface area contributed by atoms with Gasteiger partial charge in [-0.3, -0.25) is 4.68 Å². The van der Waals surface area contributed by atoms with Gasteiger partial charge in [-0.05, 0) is 43.9 Å². The third-order valence-electron chi connectivity index (χ3n) is 7.43. The molecular formula is C29H32FN7O3. The smallest absolute Gasteiger partial charge is 0.168 e. The number of benzene rings is 1. The predicted molar refractivity (Wildman–Crippen MR) is 149 cm³/mol. The molecule has 2 aliphatic heterocycles. The molecule has 1 atom stereocenters. The molecule has 2 N–H and O–H groups in total. The first-order chi connectivity index (χ1) is 19.6. The molecule has 3 aromatic heterocycles. The zero-order valence-corrected chi connectivity index (χ0v) is 22.3. The van der Waals surface area contributed by atoms with Crippen LogP contribution in [-0.4, -0.2) is 69.4 Å². The van der Waals surface area contributed by atoms with E-state index in [0.29, 0.717) is 30.0 Å². The summed E-state index contributed by atoms with van der Waals surface area (Å²) in [5.41, 5.74) is 3.06. The van der Waals surface area contributed by atoms with Crippen molar-refractivity contribution in [2.24, 2.45) is 0 Å². The molecule has 0 amide bonds. The predicted octanol–water partition coefficient (Wildman–Crippen LogP) is 4.61. The van der Waals surface area contributed by atoms with Crippen molar-refractivity contribution in [2.75, 3.05) is 43.6 Å². The van der Waals surface area contributed by atoms with Gasteiger partial charge in [0.15, 0.2) is 5.82 Å². The standard InChI is InChI=1S/C29H32FN7O3/c1-39-25-6-2-5-23(30)28(25)29-31-10-7-26(35-29)34-27-14-24(36-11-3-4-21(38)18-36)22(16-32-27)19-15-33-37(17-19)20-8-12-40-13-9-20/h2,5-7,10,14-17,20-21,38H,3-4,8-9,11-13,18H2,1H3,(H,31,32,34,35)/t21-/m0/s1. The van der Waals surface area contributed by atoms with E-state index in [-0.39, 0.29) is 11.4 Å². The summed E-state index contributed by atoms with van der Waals surface area (Å²) in [6.45, 7) is 2.85. The Bertz CT molecular complexity index is 1470. The number of hydrogen-bond acceptors (Lipinski definition) is 9. The van der Waals surface area contributed by atoms with Crippen LogP contribution in [0.3, 0.4) is 0 Å². The van der Waals surface area contributed by atoms with Gasteiger partial charge in [-0.15, -0.1) is 0 Å². The molecule has 40 heavy (non-hydrogen) atoms. The number of pyridine rings is 1. The van der Waals surface area contributed by atoms with Crippen LogP contribution < -0.4 is 15.0 Å². The van der Waals surface area contributed by atoms with Crippen LogP contribution in [-0.2, 0) is 4.74 Å². The van der Waals surface area contributed by atoms with Gasteiger partial charge in [0.05, 0.1) is 36.7 Å². The fourth-order valence-electron chi connectivity index (χ4n) is 5.37. The summed E-state index contributed by atoms with van der Waals surface area (Å²) >= 11 is 0. The highest BCUT2D eigenvalue weighted by atomic mass is 19.1. The van der Waals surface area contributed by atoms with E-state index >= 15 is 0 Å². The summed E-state index contributed by atoms with van der Waals surface area (Å²) < 4.78 is 27.5. The number of halogens is 1. The van der Waals surface area contributed by atoms with Crippen LogP contribution in [0, 0.1) is 5.82 Å². The van der Waals surface area contributed by atoms with E-state index in [9.17, 15) is 9.50 Å². The summed E-state index contributed by atoms with van der Waals surface area (Å²) in [5.74, 6) is 1.13. The van der Waals surface area contributed by atoms with Crippen LogP contribution in [0.15, 0.2) is 55.1 Å². The largest absolute Gasteiger partial charge is 0.496 e. The van der Waals surface area contributed by atoms with Crippen molar-refractivity contribution in [2.45, 2.75) is 37.8 Å². The van der Waals surface area contributed by atoms with E-state index in [4.69, 9.17) is 9.47 Å². The van der Waals surface area contributed by atoms with Crippen molar-refractivity contribution in [1.29, 1.82) is 0 Å². The average molecular weight is 546 g/mol. The lowest BCUT2D eigenvalue weighted by Gasteiger charge is -2.33. The lowest BCUT2D eigenvalue weighted by atomic mass is 10.0. The molecule has 2 saturated heterocycles. The highest BCUT2D eigenvalue weighted by Gasteiger charge is 2.24. The number of anilines is 3. The van der Waals surface area contributed by atoms with Crippen LogP contribution in [0.1, 0.15) is 31.7 Å².